The molecule has 1 saturated heterocycles. The molecule has 1 aromatic heterocycles. The first-order valence-electron chi connectivity index (χ1n) is 5.90. The SMILES string of the molecule is Cc1n[nH]c(C)c1C(=O)N1CCC(C)CC1. The summed E-state index contributed by atoms with van der Waals surface area (Å²) in [5.74, 6) is 0.881. The number of hydrogen-bond acceptors (Lipinski definition) is 2. The number of piperidine rings is 1. The lowest BCUT2D eigenvalue weighted by Gasteiger charge is -2.30. The summed E-state index contributed by atoms with van der Waals surface area (Å²) >= 11 is 0. The fraction of sp³-hybridized carbons (Fsp3) is 0.667. The van der Waals surface area contributed by atoms with Crippen LogP contribution in [-0.4, -0.2) is 34.1 Å². The van der Waals surface area contributed by atoms with Gasteiger partial charge >= 0.3 is 0 Å². The van der Waals surface area contributed by atoms with E-state index in [4.69, 9.17) is 0 Å². The van der Waals surface area contributed by atoms with Gasteiger partial charge in [0.05, 0.1) is 11.3 Å². The van der Waals surface area contributed by atoms with Crippen LogP contribution in [0.5, 0.6) is 0 Å². The van der Waals surface area contributed by atoms with Gasteiger partial charge in [0.15, 0.2) is 0 Å². The van der Waals surface area contributed by atoms with Crippen LogP contribution in [0.25, 0.3) is 0 Å². The molecule has 2 heterocycles. The van der Waals surface area contributed by atoms with Crippen LogP contribution in [0, 0.1) is 19.8 Å². The van der Waals surface area contributed by atoms with Crippen molar-refractivity contribution in [3.8, 4) is 0 Å². The van der Waals surface area contributed by atoms with Gasteiger partial charge < -0.3 is 4.90 Å². The second kappa shape index (κ2) is 4.28. The molecule has 1 N–H and O–H groups in total. The number of amides is 1. The summed E-state index contributed by atoms with van der Waals surface area (Å²) in [6.07, 6.45) is 2.23. The Morgan fingerprint density at radius 3 is 2.50 bits per heavy atom. The van der Waals surface area contributed by atoms with E-state index in [1.807, 2.05) is 18.7 Å². The fourth-order valence-electron chi connectivity index (χ4n) is 2.24. The summed E-state index contributed by atoms with van der Waals surface area (Å²) in [7, 11) is 0. The van der Waals surface area contributed by atoms with Crippen molar-refractivity contribution in [3.63, 3.8) is 0 Å². The van der Waals surface area contributed by atoms with Gasteiger partial charge in [0.2, 0.25) is 0 Å². The number of H-pyrrole nitrogens is 1. The molecule has 16 heavy (non-hydrogen) atoms. The van der Waals surface area contributed by atoms with E-state index >= 15 is 0 Å². The number of hydrogen-bond donors (Lipinski definition) is 1. The van der Waals surface area contributed by atoms with Gasteiger partial charge in [-0.15, -0.1) is 0 Å². The molecular formula is C12H19N3O. The van der Waals surface area contributed by atoms with Gasteiger partial charge in [-0.05, 0) is 32.6 Å². The lowest BCUT2D eigenvalue weighted by molar-refractivity contribution is 0.0696. The lowest BCUT2D eigenvalue weighted by atomic mass is 9.98. The van der Waals surface area contributed by atoms with Crippen molar-refractivity contribution in [2.24, 2.45) is 5.92 Å². The first-order valence-corrected chi connectivity index (χ1v) is 5.90. The fourth-order valence-corrected chi connectivity index (χ4v) is 2.24. The summed E-state index contributed by atoms with van der Waals surface area (Å²) in [5.41, 5.74) is 2.44. The average Bonchev–Trinajstić information content (AvgIpc) is 2.59. The van der Waals surface area contributed by atoms with Crippen molar-refractivity contribution < 1.29 is 4.79 Å². The Morgan fingerprint density at radius 2 is 2.00 bits per heavy atom. The van der Waals surface area contributed by atoms with Crippen LogP contribution in [-0.2, 0) is 0 Å². The zero-order valence-electron chi connectivity index (χ0n) is 10.2. The number of aromatic amines is 1. The maximum absolute atomic E-state index is 12.3. The molecule has 2 rings (SSSR count). The summed E-state index contributed by atoms with van der Waals surface area (Å²) in [5, 5.41) is 6.94. The predicted molar refractivity (Wildman–Crippen MR) is 62.4 cm³/mol. The van der Waals surface area contributed by atoms with Crippen molar-refractivity contribution in [3.05, 3.63) is 17.0 Å². The van der Waals surface area contributed by atoms with E-state index in [-0.39, 0.29) is 5.91 Å². The summed E-state index contributed by atoms with van der Waals surface area (Å²) in [6, 6.07) is 0. The number of aryl methyl sites for hydroxylation is 2. The second-order valence-corrected chi connectivity index (χ2v) is 4.78. The molecule has 4 nitrogen and oxygen atoms in total. The quantitative estimate of drug-likeness (QED) is 0.787. The van der Waals surface area contributed by atoms with E-state index in [0.717, 1.165) is 48.8 Å². The lowest BCUT2D eigenvalue weighted by Crippen LogP contribution is -2.38. The van der Waals surface area contributed by atoms with E-state index in [2.05, 4.69) is 17.1 Å². The second-order valence-electron chi connectivity index (χ2n) is 4.78. The Morgan fingerprint density at radius 1 is 1.38 bits per heavy atom. The Balaban J connectivity index is 2.14. The van der Waals surface area contributed by atoms with Crippen LogP contribution in [0.3, 0.4) is 0 Å². The molecule has 4 heteroatoms. The number of likely N-dealkylation sites (tertiary alicyclic amines) is 1. The summed E-state index contributed by atoms with van der Waals surface area (Å²) < 4.78 is 0. The normalized spacial score (nSPS) is 17.8. The van der Waals surface area contributed by atoms with Crippen LogP contribution < -0.4 is 0 Å². The molecule has 88 valence electrons. The minimum absolute atomic E-state index is 0.135. The highest BCUT2D eigenvalue weighted by atomic mass is 16.2. The van der Waals surface area contributed by atoms with Crippen LogP contribution >= 0.6 is 0 Å². The highest BCUT2D eigenvalue weighted by molar-refractivity contribution is 5.96. The van der Waals surface area contributed by atoms with Crippen LogP contribution in [0.2, 0.25) is 0 Å². The van der Waals surface area contributed by atoms with Crippen LogP contribution in [0.1, 0.15) is 41.5 Å². The minimum Gasteiger partial charge on any atom is -0.339 e. The third kappa shape index (κ3) is 1.96. The standard InChI is InChI=1S/C12H19N3O/c1-8-4-6-15(7-5-8)12(16)11-9(2)13-14-10(11)3/h8H,4-7H2,1-3H3,(H,13,14). The van der Waals surface area contributed by atoms with Gasteiger partial charge in [0, 0.05) is 18.8 Å². The Bertz CT molecular complexity index is 369. The van der Waals surface area contributed by atoms with Crippen molar-refractivity contribution in [1.29, 1.82) is 0 Å². The molecule has 0 bridgehead atoms. The average molecular weight is 221 g/mol. The molecule has 0 aromatic carbocycles. The maximum Gasteiger partial charge on any atom is 0.257 e. The third-order valence-corrected chi connectivity index (χ3v) is 3.41. The number of nitrogens with zero attached hydrogens (tertiary/aromatic N) is 2. The summed E-state index contributed by atoms with van der Waals surface area (Å²) in [4.78, 5) is 14.2. The zero-order valence-corrected chi connectivity index (χ0v) is 10.2. The van der Waals surface area contributed by atoms with Gasteiger partial charge in [0.25, 0.3) is 5.91 Å². The number of rotatable bonds is 1. The first-order chi connectivity index (χ1) is 7.59. The number of nitrogens with one attached hydrogen (secondary N) is 1. The van der Waals surface area contributed by atoms with Crippen LogP contribution in [0.15, 0.2) is 0 Å². The van der Waals surface area contributed by atoms with Crippen molar-refractivity contribution in [2.75, 3.05) is 13.1 Å². The Labute approximate surface area is 96.0 Å². The van der Waals surface area contributed by atoms with E-state index in [1.54, 1.807) is 0 Å². The number of carbonyl (C=O) groups is 1. The minimum atomic E-state index is 0.135. The topological polar surface area (TPSA) is 49.0 Å². The van der Waals surface area contributed by atoms with Crippen molar-refractivity contribution in [1.82, 2.24) is 15.1 Å². The van der Waals surface area contributed by atoms with Gasteiger partial charge in [0.1, 0.15) is 0 Å². The molecular weight excluding hydrogens is 202 g/mol. The predicted octanol–water partition coefficient (Wildman–Crippen LogP) is 1.90. The van der Waals surface area contributed by atoms with Gasteiger partial charge in [-0.3, -0.25) is 9.89 Å². The molecule has 1 aliphatic rings. The van der Waals surface area contributed by atoms with Crippen molar-refractivity contribution >= 4 is 5.91 Å². The van der Waals surface area contributed by atoms with Gasteiger partial charge in [-0.2, -0.15) is 5.10 Å². The number of aromatic nitrogens is 2. The molecule has 1 amide bonds. The highest BCUT2D eigenvalue weighted by Gasteiger charge is 2.24. The Kier molecular flexibility index (Phi) is 2.99. The molecule has 0 spiro atoms. The molecule has 0 aliphatic carbocycles. The zero-order chi connectivity index (χ0) is 11.7. The third-order valence-electron chi connectivity index (χ3n) is 3.41. The molecule has 0 saturated carbocycles. The highest BCUT2D eigenvalue weighted by Crippen LogP contribution is 2.20. The monoisotopic (exact) mass is 221 g/mol. The van der Waals surface area contributed by atoms with E-state index in [0.29, 0.717) is 0 Å². The molecule has 0 atom stereocenters. The molecule has 1 aliphatic heterocycles. The van der Waals surface area contributed by atoms with E-state index < -0.39 is 0 Å². The molecule has 0 unspecified atom stereocenters. The van der Waals surface area contributed by atoms with Gasteiger partial charge in [-0.1, -0.05) is 6.92 Å². The maximum atomic E-state index is 12.3. The van der Waals surface area contributed by atoms with E-state index in [9.17, 15) is 4.79 Å². The first kappa shape index (κ1) is 11.2. The Hall–Kier alpha value is -1.32. The number of carbonyl (C=O) groups excluding carboxylic acids is 1. The van der Waals surface area contributed by atoms with Crippen molar-refractivity contribution in [2.45, 2.75) is 33.6 Å². The van der Waals surface area contributed by atoms with Crippen LogP contribution in [0.4, 0.5) is 0 Å². The molecule has 1 fully saturated rings. The molecule has 1 aromatic rings. The van der Waals surface area contributed by atoms with Gasteiger partial charge in [-0.25, -0.2) is 0 Å². The largest absolute Gasteiger partial charge is 0.339 e. The van der Waals surface area contributed by atoms with E-state index in [1.165, 1.54) is 0 Å². The smallest absolute Gasteiger partial charge is 0.257 e. The molecule has 0 radical (unpaired) electrons. The summed E-state index contributed by atoms with van der Waals surface area (Å²) in [6.45, 7) is 7.79.